The van der Waals surface area contributed by atoms with Gasteiger partial charge >= 0.3 is 5.97 Å². The fourth-order valence-electron chi connectivity index (χ4n) is 4.80. The summed E-state index contributed by atoms with van der Waals surface area (Å²) < 4.78 is 5.98. The SMILES string of the molecule is CC(C)(C)c1cc(NC(CCOC2CC(CCc3ccc4c(n3)CCCC4)C2)C(=O)O)ncn1. The highest BCUT2D eigenvalue weighted by Crippen LogP contribution is 2.34. The fourth-order valence-corrected chi connectivity index (χ4v) is 4.80. The van der Waals surface area contributed by atoms with Gasteiger partial charge in [0.1, 0.15) is 18.2 Å². The lowest BCUT2D eigenvalue weighted by Crippen LogP contribution is -2.35. The maximum atomic E-state index is 11.7. The molecule has 2 aromatic heterocycles. The summed E-state index contributed by atoms with van der Waals surface area (Å²) in [5.74, 6) is 0.309. The Kier molecular flexibility index (Phi) is 7.81. The van der Waals surface area contributed by atoms with E-state index in [1.807, 2.05) is 6.07 Å². The van der Waals surface area contributed by atoms with Gasteiger partial charge in [-0.25, -0.2) is 14.8 Å². The molecule has 0 saturated heterocycles. The van der Waals surface area contributed by atoms with Crippen LogP contribution in [0.3, 0.4) is 0 Å². The van der Waals surface area contributed by atoms with E-state index >= 15 is 0 Å². The molecule has 2 heterocycles. The van der Waals surface area contributed by atoms with Crippen LogP contribution in [0.1, 0.15) is 81.9 Å². The summed E-state index contributed by atoms with van der Waals surface area (Å²) in [6.45, 7) is 6.62. The van der Waals surface area contributed by atoms with E-state index in [-0.39, 0.29) is 11.5 Å². The maximum absolute atomic E-state index is 11.7. The van der Waals surface area contributed by atoms with Gasteiger partial charge in [-0.05, 0) is 68.9 Å². The van der Waals surface area contributed by atoms with Crippen molar-refractivity contribution in [1.82, 2.24) is 15.0 Å². The molecule has 7 heteroatoms. The zero-order valence-corrected chi connectivity index (χ0v) is 20.7. The average Bonchev–Trinajstić information content (AvgIpc) is 2.78. The summed E-state index contributed by atoms with van der Waals surface area (Å²) in [6.07, 6.45) is 11.3. The highest BCUT2D eigenvalue weighted by molar-refractivity contribution is 5.76. The third kappa shape index (κ3) is 6.53. The summed E-state index contributed by atoms with van der Waals surface area (Å²) in [5, 5.41) is 12.7. The Morgan fingerprint density at radius 1 is 1.21 bits per heavy atom. The van der Waals surface area contributed by atoms with Crippen LogP contribution in [-0.2, 0) is 34.2 Å². The van der Waals surface area contributed by atoms with Crippen molar-refractivity contribution in [3.63, 3.8) is 0 Å². The van der Waals surface area contributed by atoms with Crippen molar-refractivity contribution < 1.29 is 14.6 Å². The molecule has 7 nitrogen and oxygen atoms in total. The number of fused-ring (bicyclic) bond motifs is 1. The predicted molar refractivity (Wildman–Crippen MR) is 132 cm³/mol. The van der Waals surface area contributed by atoms with Crippen LogP contribution in [0.25, 0.3) is 0 Å². The number of aryl methyl sites for hydroxylation is 3. The molecule has 0 aliphatic heterocycles. The second-order valence-corrected chi connectivity index (χ2v) is 10.8. The quantitative estimate of drug-likeness (QED) is 0.522. The molecule has 4 rings (SSSR count). The first-order chi connectivity index (χ1) is 16.3. The number of nitrogens with one attached hydrogen (secondary N) is 1. The maximum Gasteiger partial charge on any atom is 0.326 e. The van der Waals surface area contributed by atoms with Crippen molar-refractivity contribution in [2.24, 2.45) is 5.92 Å². The van der Waals surface area contributed by atoms with Crippen LogP contribution in [-0.4, -0.2) is 44.8 Å². The fraction of sp³-hybridized carbons (Fsp3) is 0.630. The number of hydrogen-bond acceptors (Lipinski definition) is 6. The van der Waals surface area contributed by atoms with Crippen molar-refractivity contribution in [2.45, 2.75) is 96.1 Å². The van der Waals surface area contributed by atoms with Crippen molar-refractivity contribution in [3.8, 4) is 0 Å². The van der Waals surface area contributed by atoms with E-state index < -0.39 is 12.0 Å². The summed E-state index contributed by atoms with van der Waals surface area (Å²) >= 11 is 0. The van der Waals surface area contributed by atoms with E-state index in [1.165, 1.54) is 42.5 Å². The summed E-state index contributed by atoms with van der Waals surface area (Å²) in [7, 11) is 0. The zero-order valence-electron chi connectivity index (χ0n) is 20.7. The van der Waals surface area contributed by atoms with Crippen LogP contribution in [0.15, 0.2) is 24.5 Å². The Morgan fingerprint density at radius 2 is 2.00 bits per heavy atom. The minimum Gasteiger partial charge on any atom is -0.480 e. The molecule has 1 saturated carbocycles. The molecule has 2 aliphatic carbocycles. The van der Waals surface area contributed by atoms with Gasteiger partial charge in [0.2, 0.25) is 0 Å². The van der Waals surface area contributed by atoms with E-state index in [1.54, 1.807) is 0 Å². The second-order valence-electron chi connectivity index (χ2n) is 10.8. The molecule has 0 radical (unpaired) electrons. The van der Waals surface area contributed by atoms with Crippen LogP contribution in [0.2, 0.25) is 0 Å². The van der Waals surface area contributed by atoms with Crippen LogP contribution in [0, 0.1) is 5.92 Å². The van der Waals surface area contributed by atoms with Crippen molar-refractivity contribution >= 4 is 11.8 Å². The molecule has 2 aromatic rings. The number of carbonyl (C=O) groups is 1. The monoisotopic (exact) mass is 466 g/mol. The minimum atomic E-state index is -0.899. The van der Waals surface area contributed by atoms with Crippen LogP contribution in [0.4, 0.5) is 5.82 Å². The van der Waals surface area contributed by atoms with Gasteiger partial charge in [-0.2, -0.15) is 0 Å². The van der Waals surface area contributed by atoms with Crippen molar-refractivity contribution in [3.05, 3.63) is 47.2 Å². The molecule has 0 amide bonds. The van der Waals surface area contributed by atoms with Gasteiger partial charge < -0.3 is 15.2 Å². The lowest BCUT2D eigenvalue weighted by atomic mass is 9.79. The number of carboxylic acid groups (broad SMARTS) is 1. The number of carboxylic acids is 1. The van der Waals surface area contributed by atoms with Gasteiger partial charge in [0, 0.05) is 35.9 Å². The first kappa shape index (κ1) is 24.6. The highest BCUT2D eigenvalue weighted by Gasteiger charge is 2.30. The lowest BCUT2D eigenvalue weighted by molar-refractivity contribution is -0.138. The highest BCUT2D eigenvalue weighted by atomic mass is 16.5. The first-order valence-electron chi connectivity index (χ1n) is 12.7. The Balaban J connectivity index is 1.16. The van der Waals surface area contributed by atoms with Gasteiger partial charge in [-0.3, -0.25) is 4.98 Å². The molecule has 0 bridgehead atoms. The van der Waals surface area contributed by atoms with E-state index in [0.717, 1.165) is 37.8 Å². The van der Waals surface area contributed by atoms with Gasteiger partial charge in [-0.15, -0.1) is 0 Å². The molecule has 1 fully saturated rings. The smallest absolute Gasteiger partial charge is 0.326 e. The molecule has 0 aromatic carbocycles. The van der Waals surface area contributed by atoms with Gasteiger partial charge in [-0.1, -0.05) is 26.8 Å². The predicted octanol–water partition coefficient (Wildman–Crippen LogP) is 4.73. The Bertz CT molecular complexity index is 982. The molecular weight excluding hydrogens is 428 g/mol. The van der Waals surface area contributed by atoms with E-state index in [4.69, 9.17) is 9.72 Å². The Labute approximate surface area is 202 Å². The molecule has 2 N–H and O–H groups in total. The average molecular weight is 467 g/mol. The molecule has 2 aliphatic rings. The third-order valence-electron chi connectivity index (χ3n) is 7.05. The van der Waals surface area contributed by atoms with E-state index in [9.17, 15) is 9.90 Å². The van der Waals surface area contributed by atoms with Gasteiger partial charge in [0.15, 0.2) is 0 Å². The lowest BCUT2D eigenvalue weighted by Gasteiger charge is -2.35. The minimum absolute atomic E-state index is 0.127. The molecule has 34 heavy (non-hydrogen) atoms. The number of nitrogens with zero attached hydrogens (tertiary/aromatic N) is 3. The number of rotatable bonds is 10. The molecule has 1 atom stereocenters. The molecule has 1 unspecified atom stereocenters. The summed E-state index contributed by atoms with van der Waals surface area (Å²) in [4.78, 5) is 25.1. The standard InChI is InChI=1S/C27H38N4O3/c1-27(2,3)24-16-25(29-17-28-24)31-23(26(32)33)12-13-34-21-14-18(15-21)8-10-20-11-9-19-6-4-5-7-22(19)30-20/h9,11,16-18,21,23H,4-8,10,12-15H2,1-3H3,(H,32,33)(H,28,29,31). The van der Waals surface area contributed by atoms with Crippen LogP contribution >= 0.6 is 0 Å². The number of aromatic nitrogens is 3. The second kappa shape index (κ2) is 10.8. The van der Waals surface area contributed by atoms with Crippen molar-refractivity contribution in [1.29, 1.82) is 0 Å². The Hall–Kier alpha value is -2.54. The molecule has 184 valence electrons. The number of aliphatic carboxylic acids is 1. The normalized spacial score (nSPS) is 20.8. The number of pyridine rings is 1. The van der Waals surface area contributed by atoms with Gasteiger partial charge in [0.25, 0.3) is 0 Å². The number of anilines is 1. The Morgan fingerprint density at radius 3 is 2.76 bits per heavy atom. The van der Waals surface area contributed by atoms with E-state index in [0.29, 0.717) is 24.8 Å². The number of ether oxygens (including phenoxy) is 1. The summed E-state index contributed by atoms with van der Waals surface area (Å²) in [5.41, 5.74) is 4.72. The van der Waals surface area contributed by atoms with Crippen LogP contribution < -0.4 is 5.32 Å². The topological polar surface area (TPSA) is 97.2 Å². The number of hydrogen-bond donors (Lipinski definition) is 2. The largest absolute Gasteiger partial charge is 0.480 e. The third-order valence-corrected chi connectivity index (χ3v) is 7.05. The first-order valence-corrected chi connectivity index (χ1v) is 12.7. The van der Waals surface area contributed by atoms with Crippen molar-refractivity contribution in [2.75, 3.05) is 11.9 Å². The van der Waals surface area contributed by atoms with E-state index in [2.05, 4.69) is 48.2 Å². The van der Waals surface area contributed by atoms with Crippen LogP contribution in [0.5, 0.6) is 0 Å². The zero-order chi connectivity index (χ0) is 24.1. The summed E-state index contributed by atoms with van der Waals surface area (Å²) in [6, 6.07) is 5.57. The molecular formula is C27H38N4O3. The van der Waals surface area contributed by atoms with Gasteiger partial charge in [0.05, 0.1) is 11.8 Å². The molecule has 0 spiro atoms.